The number of carbonyl (C=O) groups is 2. The van der Waals surface area contributed by atoms with Gasteiger partial charge >= 0.3 is 0 Å². The summed E-state index contributed by atoms with van der Waals surface area (Å²) in [5.41, 5.74) is 0.570. The fraction of sp³-hybridized carbons (Fsp3) is 0.375. The fourth-order valence-corrected chi connectivity index (χ4v) is 3.29. The van der Waals surface area contributed by atoms with Gasteiger partial charge in [-0.15, -0.1) is 11.3 Å². The van der Waals surface area contributed by atoms with Crippen LogP contribution in [0.5, 0.6) is 0 Å². The van der Waals surface area contributed by atoms with Crippen molar-refractivity contribution in [3.05, 3.63) is 46.5 Å². The molecule has 2 amide bonds. The quantitative estimate of drug-likeness (QED) is 0.942. The normalized spacial score (nSPS) is 15.7. The number of rotatable bonds is 4. The number of furan rings is 1. The summed E-state index contributed by atoms with van der Waals surface area (Å²) in [4.78, 5) is 27.3. The van der Waals surface area contributed by atoms with Crippen LogP contribution in [0.25, 0.3) is 0 Å². The van der Waals surface area contributed by atoms with Crippen molar-refractivity contribution >= 4 is 23.2 Å². The van der Waals surface area contributed by atoms with Crippen LogP contribution in [0.4, 0.5) is 0 Å². The van der Waals surface area contributed by atoms with E-state index in [9.17, 15) is 9.59 Å². The van der Waals surface area contributed by atoms with Crippen molar-refractivity contribution in [3.63, 3.8) is 0 Å². The molecule has 0 saturated carbocycles. The van der Waals surface area contributed by atoms with Crippen LogP contribution in [0.2, 0.25) is 0 Å². The number of amides is 2. The Bertz CT molecular complexity index is 614. The van der Waals surface area contributed by atoms with Gasteiger partial charge in [-0.25, -0.2) is 0 Å². The fourth-order valence-electron chi connectivity index (χ4n) is 2.65. The zero-order valence-corrected chi connectivity index (χ0v) is 13.0. The Balaban J connectivity index is 1.47. The summed E-state index contributed by atoms with van der Waals surface area (Å²) in [6, 6.07) is 5.66. The van der Waals surface area contributed by atoms with E-state index < -0.39 is 0 Å². The molecule has 0 aromatic carbocycles. The number of thiophene rings is 1. The van der Waals surface area contributed by atoms with Gasteiger partial charge in [-0.3, -0.25) is 9.59 Å². The van der Waals surface area contributed by atoms with Gasteiger partial charge in [-0.05, 0) is 30.4 Å². The topological polar surface area (TPSA) is 62.6 Å². The SMILES string of the molecule is O=C(NCc1cccs1)C1CCN(C(=O)c2ccoc2)CC1. The molecule has 0 atom stereocenters. The summed E-state index contributed by atoms with van der Waals surface area (Å²) in [7, 11) is 0. The molecule has 1 N–H and O–H groups in total. The molecule has 3 heterocycles. The zero-order valence-electron chi connectivity index (χ0n) is 12.2. The lowest BCUT2D eigenvalue weighted by Gasteiger charge is -2.31. The Hall–Kier alpha value is -2.08. The van der Waals surface area contributed by atoms with Gasteiger partial charge in [-0.1, -0.05) is 6.07 Å². The number of hydrogen-bond donors (Lipinski definition) is 1. The van der Waals surface area contributed by atoms with Gasteiger partial charge in [0.1, 0.15) is 6.26 Å². The summed E-state index contributed by atoms with van der Waals surface area (Å²) < 4.78 is 4.94. The zero-order chi connectivity index (χ0) is 15.4. The highest BCUT2D eigenvalue weighted by molar-refractivity contribution is 7.09. The Kier molecular flexibility index (Phi) is 4.58. The van der Waals surface area contributed by atoms with Gasteiger partial charge in [0.05, 0.1) is 18.4 Å². The summed E-state index contributed by atoms with van der Waals surface area (Å²) in [5.74, 6) is 0.0587. The van der Waals surface area contributed by atoms with Crippen molar-refractivity contribution in [1.29, 1.82) is 0 Å². The molecule has 0 radical (unpaired) electrons. The average Bonchev–Trinajstić information content (AvgIpc) is 3.25. The van der Waals surface area contributed by atoms with Crippen LogP contribution in [-0.2, 0) is 11.3 Å². The second kappa shape index (κ2) is 6.79. The lowest BCUT2D eigenvalue weighted by molar-refractivity contribution is -0.126. The number of hydrogen-bond acceptors (Lipinski definition) is 4. The highest BCUT2D eigenvalue weighted by Gasteiger charge is 2.27. The van der Waals surface area contributed by atoms with E-state index in [1.165, 1.54) is 12.5 Å². The third kappa shape index (κ3) is 3.39. The molecule has 2 aromatic heterocycles. The largest absolute Gasteiger partial charge is 0.472 e. The van der Waals surface area contributed by atoms with Gasteiger partial charge in [0.2, 0.25) is 5.91 Å². The van der Waals surface area contributed by atoms with E-state index in [4.69, 9.17) is 4.42 Å². The Labute approximate surface area is 132 Å². The molecule has 1 saturated heterocycles. The maximum absolute atomic E-state index is 12.2. The first-order chi connectivity index (χ1) is 10.7. The van der Waals surface area contributed by atoms with Gasteiger partial charge in [0.15, 0.2) is 0 Å². The molecule has 0 bridgehead atoms. The molecule has 6 heteroatoms. The van der Waals surface area contributed by atoms with Crippen molar-refractivity contribution in [2.75, 3.05) is 13.1 Å². The van der Waals surface area contributed by atoms with Crippen LogP contribution < -0.4 is 5.32 Å². The summed E-state index contributed by atoms with van der Waals surface area (Å²) in [6.45, 7) is 1.81. The second-order valence-electron chi connectivity index (χ2n) is 5.38. The Morgan fingerprint density at radius 3 is 2.77 bits per heavy atom. The number of nitrogens with zero attached hydrogens (tertiary/aromatic N) is 1. The van der Waals surface area contributed by atoms with Crippen molar-refractivity contribution in [2.24, 2.45) is 5.92 Å². The van der Waals surface area contributed by atoms with E-state index in [0.29, 0.717) is 38.0 Å². The lowest BCUT2D eigenvalue weighted by Crippen LogP contribution is -2.42. The number of likely N-dealkylation sites (tertiary alicyclic amines) is 1. The van der Waals surface area contributed by atoms with Crippen molar-refractivity contribution in [3.8, 4) is 0 Å². The summed E-state index contributed by atoms with van der Waals surface area (Å²) >= 11 is 1.64. The monoisotopic (exact) mass is 318 g/mol. The molecule has 1 fully saturated rings. The van der Waals surface area contributed by atoms with E-state index in [2.05, 4.69) is 5.32 Å². The number of carbonyl (C=O) groups excluding carboxylic acids is 2. The highest BCUT2D eigenvalue weighted by atomic mass is 32.1. The molecule has 0 aliphatic carbocycles. The lowest BCUT2D eigenvalue weighted by atomic mass is 9.95. The molecular weight excluding hydrogens is 300 g/mol. The molecule has 116 valence electrons. The molecule has 2 aromatic rings. The first-order valence-electron chi connectivity index (χ1n) is 7.35. The Morgan fingerprint density at radius 2 is 2.14 bits per heavy atom. The first kappa shape index (κ1) is 14.8. The number of nitrogens with one attached hydrogen (secondary N) is 1. The van der Waals surface area contributed by atoms with Gasteiger partial charge < -0.3 is 14.6 Å². The smallest absolute Gasteiger partial charge is 0.257 e. The van der Waals surface area contributed by atoms with Gasteiger partial charge in [0, 0.05) is 23.9 Å². The van der Waals surface area contributed by atoms with Crippen LogP contribution in [0.3, 0.4) is 0 Å². The predicted molar refractivity (Wildman–Crippen MR) is 83.5 cm³/mol. The molecule has 1 aliphatic rings. The number of piperidine rings is 1. The second-order valence-corrected chi connectivity index (χ2v) is 6.41. The first-order valence-corrected chi connectivity index (χ1v) is 8.23. The van der Waals surface area contributed by atoms with E-state index in [0.717, 1.165) is 4.88 Å². The van der Waals surface area contributed by atoms with Crippen molar-refractivity contribution < 1.29 is 14.0 Å². The van der Waals surface area contributed by atoms with Crippen LogP contribution in [0, 0.1) is 5.92 Å². The Morgan fingerprint density at radius 1 is 1.32 bits per heavy atom. The third-order valence-electron chi connectivity index (χ3n) is 3.94. The minimum Gasteiger partial charge on any atom is -0.472 e. The van der Waals surface area contributed by atoms with Crippen LogP contribution in [-0.4, -0.2) is 29.8 Å². The van der Waals surface area contributed by atoms with Crippen molar-refractivity contribution in [2.45, 2.75) is 19.4 Å². The van der Waals surface area contributed by atoms with Crippen LogP contribution in [0.15, 0.2) is 40.5 Å². The van der Waals surface area contributed by atoms with Gasteiger partial charge in [0.25, 0.3) is 5.91 Å². The van der Waals surface area contributed by atoms with Gasteiger partial charge in [-0.2, -0.15) is 0 Å². The summed E-state index contributed by atoms with van der Waals surface area (Å²) in [5, 5.41) is 4.98. The molecular formula is C16H18N2O3S. The minimum absolute atomic E-state index is 0.00615. The maximum atomic E-state index is 12.2. The molecule has 1 aliphatic heterocycles. The predicted octanol–water partition coefficient (Wildman–Crippen LogP) is 2.51. The minimum atomic E-state index is -0.0220. The van der Waals surface area contributed by atoms with E-state index in [1.807, 2.05) is 17.5 Å². The van der Waals surface area contributed by atoms with E-state index in [-0.39, 0.29) is 17.7 Å². The molecule has 22 heavy (non-hydrogen) atoms. The van der Waals surface area contributed by atoms with Crippen LogP contribution >= 0.6 is 11.3 Å². The molecule has 0 spiro atoms. The molecule has 0 unspecified atom stereocenters. The van der Waals surface area contributed by atoms with Crippen LogP contribution in [0.1, 0.15) is 28.1 Å². The maximum Gasteiger partial charge on any atom is 0.257 e. The average molecular weight is 318 g/mol. The van der Waals surface area contributed by atoms with Crippen molar-refractivity contribution in [1.82, 2.24) is 10.2 Å². The standard InChI is InChI=1S/C16H18N2O3S/c19-15(17-10-14-2-1-9-22-14)12-3-6-18(7-4-12)16(20)13-5-8-21-11-13/h1-2,5,8-9,11-12H,3-4,6-7,10H2,(H,17,19). The van der Waals surface area contributed by atoms with E-state index in [1.54, 1.807) is 22.3 Å². The van der Waals surface area contributed by atoms with E-state index >= 15 is 0 Å². The highest BCUT2D eigenvalue weighted by Crippen LogP contribution is 2.20. The summed E-state index contributed by atoms with van der Waals surface area (Å²) in [6.07, 6.45) is 4.37. The third-order valence-corrected chi connectivity index (χ3v) is 4.81. The molecule has 5 nitrogen and oxygen atoms in total. The molecule has 3 rings (SSSR count).